The van der Waals surface area contributed by atoms with Gasteiger partial charge in [0.15, 0.2) is 0 Å². The van der Waals surface area contributed by atoms with Crippen LogP contribution in [0.15, 0.2) is 0 Å². The van der Waals surface area contributed by atoms with E-state index in [0.29, 0.717) is 19.1 Å². The summed E-state index contributed by atoms with van der Waals surface area (Å²) in [4.78, 5) is 14.4. The molecule has 0 bridgehead atoms. The molecule has 98 valence electrons. The topological polar surface area (TPSA) is 52.6 Å². The van der Waals surface area contributed by atoms with E-state index in [0.717, 1.165) is 25.8 Å². The van der Waals surface area contributed by atoms with Crippen molar-refractivity contribution >= 4 is 5.91 Å². The van der Waals surface area contributed by atoms with Crippen LogP contribution >= 0.6 is 0 Å². The minimum atomic E-state index is -0.235. The second kappa shape index (κ2) is 5.36. The highest BCUT2D eigenvalue weighted by molar-refractivity contribution is 5.79. The summed E-state index contributed by atoms with van der Waals surface area (Å²) in [5.74, 6) is 0.620. The van der Waals surface area contributed by atoms with Gasteiger partial charge in [-0.2, -0.15) is 0 Å². The van der Waals surface area contributed by atoms with Gasteiger partial charge >= 0.3 is 0 Å². The van der Waals surface area contributed by atoms with Crippen LogP contribution in [0.1, 0.15) is 33.1 Å². The quantitative estimate of drug-likeness (QED) is 0.706. The molecule has 0 aromatic heterocycles. The maximum atomic E-state index is 12.4. The normalized spacial score (nSPS) is 39.1. The molecule has 4 unspecified atom stereocenters. The summed E-state index contributed by atoms with van der Waals surface area (Å²) in [5.41, 5.74) is 0. The fourth-order valence-corrected chi connectivity index (χ4v) is 2.95. The number of carbonyl (C=O) groups excluding carboxylic acids is 1. The molecule has 0 spiro atoms. The van der Waals surface area contributed by atoms with E-state index in [-0.39, 0.29) is 23.8 Å². The van der Waals surface area contributed by atoms with Gasteiger partial charge in [0.1, 0.15) is 0 Å². The number of rotatable bonds is 1. The Morgan fingerprint density at radius 2 is 2.12 bits per heavy atom. The van der Waals surface area contributed by atoms with Crippen molar-refractivity contribution < 1.29 is 9.90 Å². The van der Waals surface area contributed by atoms with Crippen LogP contribution in [0.4, 0.5) is 0 Å². The first-order valence-corrected chi connectivity index (χ1v) is 6.80. The summed E-state index contributed by atoms with van der Waals surface area (Å²) in [6, 6.07) is 0.290. The molecule has 4 nitrogen and oxygen atoms in total. The zero-order valence-electron chi connectivity index (χ0n) is 10.9. The Morgan fingerprint density at radius 1 is 1.35 bits per heavy atom. The predicted octanol–water partition coefficient (Wildman–Crippen LogP) is 0.604. The maximum Gasteiger partial charge on any atom is 0.227 e. The van der Waals surface area contributed by atoms with Crippen LogP contribution in [0.3, 0.4) is 0 Å². The molecule has 1 amide bonds. The molecule has 2 saturated heterocycles. The highest BCUT2D eigenvalue weighted by Crippen LogP contribution is 2.23. The van der Waals surface area contributed by atoms with Gasteiger partial charge in [-0.3, -0.25) is 4.79 Å². The van der Waals surface area contributed by atoms with Crippen molar-refractivity contribution in [3.05, 3.63) is 0 Å². The van der Waals surface area contributed by atoms with Crippen molar-refractivity contribution in [2.24, 2.45) is 11.8 Å². The first-order valence-electron chi connectivity index (χ1n) is 6.80. The minimum Gasteiger partial charge on any atom is -0.393 e. The Kier molecular flexibility index (Phi) is 4.05. The van der Waals surface area contributed by atoms with Gasteiger partial charge in [0.25, 0.3) is 0 Å². The molecule has 0 aromatic carbocycles. The molecule has 0 saturated carbocycles. The number of nitrogens with zero attached hydrogens (tertiary/aromatic N) is 1. The molecule has 17 heavy (non-hydrogen) atoms. The lowest BCUT2D eigenvalue weighted by atomic mass is 9.88. The number of aliphatic hydroxyl groups excluding tert-OH is 1. The molecule has 4 atom stereocenters. The van der Waals surface area contributed by atoms with Crippen LogP contribution in [0.2, 0.25) is 0 Å². The van der Waals surface area contributed by atoms with Crippen LogP contribution in [-0.2, 0) is 4.79 Å². The molecule has 2 rings (SSSR count). The third-order valence-corrected chi connectivity index (χ3v) is 4.25. The molecular formula is C13H24N2O2. The van der Waals surface area contributed by atoms with Gasteiger partial charge in [0, 0.05) is 19.1 Å². The van der Waals surface area contributed by atoms with Crippen molar-refractivity contribution in [2.45, 2.75) is 45.3 Å². The summed E-state index contributed by atoms with van der Waals surface area (Å²) in [7, 11) is 0. The van der Waals surface area contributed by atoms with E-state index in [2.05, 4.69) is 12.2 Å². The average molecular weight is 240 g/mol. The highest BCUT2D eigenvalue weighted by Gasteiger charge is 2.34. The molecule has 2 N–H and O–H groups in total. The van der Waals surface area contributed by atoms with Crippen molar-refractivity contribution in [3.63, 3.8) is 0 Å². The third kappa shape index (κ3) is 2.80. The van der Waals surface area contributed by atoms with Gasteiger partial charge < -0.3 is 15.3 Å². The third-order valence-electron chi connectivity index (χ3n) is 4.25. The van der Waals surface area contributed by atoms with Gasteiger partial charge in [-0.05, 0) is 38.6 Å². The Bertz CT molecular complexity index is 283. The number of piperidine rings is 2. The number of aliphatic hydroxyl groups is 1. The molecule has 2 heterocycles. The monoisotopic (exact) mass is 240 g/mol. The fourth-order valence-electron chi connectivity index (χ4n) is 2.95. The van der Waals surface area contributed by atoms with Crippen LogP contribution in [0, 0.1) is 11.8 Å². The standard InChI is InChI=1S/C13H24N2O2/c1-9-8-15(7-5-12(9)16)13(17)11-4-3-6-14-10(11)2/h9-12,14,16H,3-8H2,1-2H3. The van der Waals surface area contributed by atoms with Crippen LogP contribution in [-0.4, -0.2) is 47.7 Å². The van der Waals surface area contributed by atoms with Gasteiger partial charge in [-0.15, -0.1) is 0 Å². The van der Waals surface area contributed by atoms with Crippen LogP contribution < -0.4 is 5.32 Å². The SMILES string of the molecule is CC1CN(C(=O)C2CCCNC2C)CCC1O. The zero-order chi connectivity index (χ0) is 12.4. The lowest BCUT2D eigenvalue weighted by Crippen LogP contribution is -2.52. The van der Waals surface area contributed by atoms with Gasteiger partial charge in [0.2, 0.25) is 5.91 Å². The highest BCUT2D eigenvalue weighted by atomic mass is 16.3. The summed E-state index contributed by atoms with van der Waals surface area (Å²) in [5, 5.41) is 13.1. The van der Waals surface area contributed by atoms with Crippen molar-refractivity contribution in [3.8, 4) is 0 Å². The second-order valence-electron chi connectivity index (χ2n) is 5.61. The Morgan fingerprint density at radius 3 is 2.76 bits per heavy atom. The average Bonchev–Trinajstić information content (AvgIpc) is 2.32. The lowest BCUT2D eigenvalue weighted by molar-refractivity contribution is -0.140. The molecule has 4 heteroatoms. The van der Waals surface area contributed by atoms with E-state index in [1.165, 1.54) is 0 Å². The number of hydrogen-bond donors (Lipinski definition) is 2. The van der Waals surface area contributed by atoms with E-state index in [4.69, 9.17) is 0 Å². The number of nitrogens with one attached hydrogen (secondary N) is 1. The molecule has 0 aromatic rings. The van der Waals surface area contributed by atoms with Crippen LogP contribution in [0.25, 0.3) is 0 Å². The minimum absolute atomic E-state index is 0.131. The Hall–Kier alpha value is -0.610. The summed E-state index contributed by atoms with van der Waals surface area (Å²) in [6.07, 6.45) is 2.58. The van der Waals surface area contributed by atoms with E-state index < -0.39 is 0 Å². The van der Waals surface area contributed by atoms with Crippen molar-refractivity contribution in [1.82, 2.24) is 10.2 Å². The smallest absolute Gasteiger partial charge is 0.227 e. The van der Waals surface area contributed by atoms with Crippen molar-refractivity contribution in [1.29, 1.82) is 0 Å². The maximum absolute atomic E-state index is 12.4. The molecular weight excluding hydrogens is 216 g/mol. The Labute approximate surface area is 103 Å². The van der Waals surface area contributed by atoms with Crippen LogP contribution in [0.5, 0.6) is 0 Å². The van der Waals surface area contributed by atoms with Crippen molar-refractivity contribution in [2.75, 3.05) is 19.6 Å². The number of likely N-dealkylation sites (tertiary alicyclic amines) is 1. The van der Waals surface area contributed by atoms with Gasteiger partial charge in [-0.25, -0.2) is 0 Å². The lowest BCUT2D eigenvalue weighted by Gasteiger charge is -2.39. The molecule has 0 radical (unpaired) electrons. The number of hydrogen-bond acceptors (Lipinski definition) is 3. The summed E-state index contributed by atoms with van der Waals surface area (Å²) >= 11 is 0. The Balaban J connectivity index is 1.95. The summed E-state index contributed by atoms with van der Waals surface area (Å²) in [6.45, 7) is 6.58. The first-order chi connectivity index (χ1) is 8.09. The molecule has 2 aliphatic rings. The zero-order valence-corrected chi connectivity index (χ0v) is 10.9. The summed E-state index contributed by atoms with van der Waals surface area (Å²) < 4.78 is 0. The van der Waals surface area contributed by atoms with E-state index in [1.54, 1.807) is 0 Å². The molecule has 0 aliphatic carbocycles. The molecule has 2 fully saturated rings. The number of carbonyl (C=O) groups is 1. The van der Waals surface area contributed by atoms with E-state index in [9.17, 15) is 9.90 Å². The fraction of sp³-hybridized carbons (Fsp3) is 0.923. The molecule has 2 aliphatic heterocycles. The predicted molar refractivity (Wildman–Crippen MR) is 66.6 cm³/mol. The second-order valence-corrected chi connectivity index (χ2v) is 5.61. The van der Waals surface area contributed by atoms with Gasteiger partial charge in [0.05, 0.1) is 12.0 Å². The van der Waals surface area contributed by atoms with E-state index >= 15 is 0 Å². The largest absolute Gasteiger partial charge is 0.393 e. The first kappa shape index (κ1) is 12.8. The van der Waals surface area contributed by atoms with Gasteiger partial charge in [-0.1, -0.05) is 6.92 Å². The van der Waals surface area contributed by atoms with E-state index in [1.807, 2.05) is 11.8 Å². The number of amides is 1.